The molecule has 0 unspecified atom stereocenters. The van der Waals surface area contributed by atoms with E-state index < -0.39 is 0 Å². The SMILES string of the molecule is CSc1cccc(N=O)c1. The van der Waals surface area contributed by atoms with Gasteiger partial charge in [0.25, 0.3) is 0 Å². The van der Waals surface area contributed by atoms with Gasteiger partial charge in [0.05, 0.1) is 0 Å². The van der Waals surface area contributed by atoms with E-state index >= 15 is 0 Å². The number of thioether (sulfide) groups is 1. The van der Waals surface area contributed by atoms with Gasteiger partial charge in [-0.25, -0.2) is 0 Å². The minimum absolute atomic E-state index is 0.492. The van der Waals surface area contributed by atoms with Crippen LogP contribution in [-0.2, 0) is 0 Å². The van der Waals surface area contributed by atoms with E-state index in [4.69, 9.17) is 0 Å². The van der Waals surface area contributed by atoms with Crippen molar-refractivity contribution in [1.29, 1.82) is 0 Å². The molecule has 0 radical (unpaired) electrons. The van der Waals surface area contributed by atoms with Crippen molar-refractivity contribution in [2.75, 3.05) is 6.26 Å². The summed E-state index contributed by atoms with van der Waals surface area (Å²) in [7, 11) is 0. The van der Waals surface area contributed by atoms with Crippen molar-refractivity contribution in [2.45, 2.75) is 4.90 Å². The predicted octanol–water partition coefficient (Wildman–Crippen LogP) is 2.81. The topological polar surface area (TPSA) is 29.4 Å². The van der Waals surface area contributed by atoms with Gasteiger partial charge in [0.15, 0.2) is 0 Å². The van der Waals surface area contributed by atoms with E-state index in [0.717, 1.165) is 4.90 Å². The minimum atomic E-state index is 0.492. The zero-order valence-corrected chi connectivity index (χ0v) is 6.39. The number of rotatable bonds is 2. The third-order valence-corrected chi connectivity index (χ3v) is 1.88. The lowest BCUT2D eigenvalue weighted by atomic mass is 10.3. The first-order valence-corrected chi connectivity index (χ1v) is 4.06. The van der Waals surface area contributed by atoms with Gasteiger partial charge in [0, 0.05) is 4.90 Å². The molecule has 0 aliphatic rings. The highest BCUT2D eigenvalue weighted by atomic mass is 32.2. The molecular formula is C7H7NOS. The van der Waals surface area contributed by atoms with Crippen molar-refractivity contribution < 1.29 is 0 Å². The smallest absolute Gasteiger partial charge is 0.109 e. The molecule has 0 saturated carbocycles. The molecule has 1 aromatic carbocycles. The van der Waals surface area contributed by atoms with Crippen LogP contribution in [0.3, 0.4) is 0 Å². The molecule has 10 heavy (non-hydrogen) atoms. The summed E-state index contributed by atoms with van der Waals surface area (Å²) in [6.45, 7) is 0. The Kier molecular flexibility index (Phi) is 2.45. The Morgan fingerprint density at radius 1 is 1.50 bits per heavy atom. The van der Waals surface area contributed by atoms with Crippen molar-refractivity contribution in [3.8, 4) is 0 Å². The van der Waals surface area contributed by atoms with E-state index in [1.54, 1.807) is 23.9 Å². The Balaban J connectivity index is 2.98. The fourth-order valence-electron chi connectivity index (χ4n) is 0.667. The Hall–Kier alpha value is -0.830. The Morgan fingerprint density at radius 3 is 2.90 bits per heavy atom. The van der Waals surface area contributed by atoms with Crippen LogP contribution < -0.4 is 0 Å². The number of nitrogens with zero attached hydrogens (tertiary/aromatic N) is 1. The van der Waals surface area contributed by atoms with Gasteiger partial charge in [-0.2, -0.15) is 0 Å². The molecular weight excluding hydrogens is 146 g/mol. The number of benzene rings is 1. The molecule has 1 rings (SSSR count). The zero-order chi connectivity index (χ0) is 7.40. The van der Waals surface area contributed by atoms with Crippen molar-refractivity contribution in [1.82, 2.24) is 0 Å². The number of hydrogen-bond donors (Lipinski definition) is 0. The van der Waals surface area contributed by atoms with E-state index in [1.165, 1.54) is 0 Å². The van der Waals surface area contributed by atoms with Gasteiger partial charge in [0.1, 0.15) is 5.69 Å². The minimum Gasteiger partial charge on any atom is -0.145 e. The predicted molar refractivity (Wildman–Crippen MR) is 43.7 cm³/mol. The molecule has 0 aliphatic carbocycles. The Labute approximate surface area is 63.6 Å². The van der Waals surface area contributed by atoms with Crippen LogP contribution in [0.25, 0.3) is 0 Å². The highest BCUT2D eigenvalue weighted by Crippen LogP contribution is 2.20. The van der Waals surface area contributed by atoms with Gasteiger partial charge < -0.3 is 0 Å². The lowest BCUT2D eigenvalue weighted by molar-refractivity contribution is 1.40. The molecule has 3 heteroatoms. The van der Waals surface area contributed by atoms with Crippen LogP contribution in [0.1, 0.15) is 0 Å². The fourth-order valence-corrected chi connectivity index (χ4v) is 1.12. The maximum atomic E-state index is 10.0. The maximum absolute atomic E-state index is 10.0. The lowest BCUT2D eigenvalue weighted by Crippen LogP contribution is -1.66. The molecule has 0 saturated heterocycles. The summed E-state index contributed by atoms with van der Waals surface area (Å²) in [6, 6.07) is 7.21. The monoisotopic (exact) mass is 153 g/mol. The second-order valence-corrected chi connectivity index (χ2v) is 2.67. The first-order chi connectivity index (χ1) is 4.86. The van der Waals surface area contributed by atoms with Crippen molar-refractivity contribution >= 4 is 17.4 Å². The van der Waals surface area contributed by atoms with Crippen LogP contribution in [0, 0.1) is 4.91 Å². The molecule has 0 N–H and O–H groups in total. The van der Waals surface area contributed by atoms with Crippen molar-refractivity contribution in [3.05, 3.63) is 29.2 Å². The summed E-state index contributed by atoms with van der Waals surface area (Å²) in [5.41, 5.74) is 0.492. The average molecular weight is 153 g/mol. The van der Waals surface area contributed by atoms with E-state index in [-0.39, 0.29) is 0 Å². The summed E-state index contributed by atoms with van der Waals surface area (Å²) in [5, 5.41) is 2.82. The molecule has 0 bridgehead atoms. The molecule has 0 amide bonds. The standard InChI is InChI=1S/C7H7NOS/c1-10-7-4-2-3-6(5-7)8-9/h2-5H,1H3. The Morgan fingerprint density at radius 2 is 2.30 bits per heavy atom. The van der Waals surface area contributed by atoms with Crippen LogP contribution in [0.5, 0.6) is 0 Å². The van der Waals surface area contributed by atoms with Gasteiger partial charge in [-0.3, -0.25) is 0 Å². The van der Waals surface area contributed by atoms with Gasteiger partial charge in [-0.05, 0) is 29.6 Å². The fraction of sp³-hybridized carbons (Fsp3) is 0.143. The van der Waals surface area contributed by atoms with Crippen LogP contribution in [-0.4, -0.2) is 6.26 Å². The third kappa shape index (κ3) is 1.57. The first-order valence-electron chi connectivity index (χ1n) is 2.84. The third-order valence-electron chi connectivity index (χ3n) is 1.16. The molecule has 0 fully saturated rings. The first kappa shape index (κ1) is 7.28. The molecule has 0 spiro atoms. The largest absolute Gasteiger partial charge is 0.145 e. The van der Waals surface area contributed by atoms with Crippen LogP contribution in [0.2, 0.25) is 0 Å². The second-order valence-electron chi connectivity index (χ2n) is 1.79. The summed E-state index contributed by atoms with van der Waals surface area (Å²) < 4.78 is 0. The Bertz CT molecular complexity index is 237. The maximum Gasteiger partial charge on any atom is 0.109 e. The molecule has 0 aromatic heterocycles. The van der Waals surface area contributed by atoms with Crippen LogP contribution in [0.4, 0.5) is 5.69 Å². The summed E-state index contributed by atoms with van der Waals surface area (Å²) in [5.74, 6) is 0. The highest BCUT2D eigenvalue weighted by Gasteiger charge is 1.91. The van der Waals surface area contributed by atoms with Gasteiger partial charge in [0.2, 0.25) is 0 Å². The number of nitroso groups, excluding NO2 is 1. The molecule has 1 aromatic rings. The van der Waals surface area contributed by atoms with Gasteiger partial charge >= 0.3 is 0 Å². The molecule has 0 aliphatic heterocycles. The summed E-state index contributed by atoms with van der Waals surface area (Å²) in [6.07, 6.45) is 1.96. The zero-order valence-electron chi connectivity index (χ0n) is 5.57. The highest BCUT2D eigenvalue weighted by molar-refractivity contribution is 7.98. The van der Waals surface area contributed by atoms with Gasteiger partial charge in [-0.1, -0.05) is 6.07 Å². The lowest BCUT2D eigenvalue weighted by Gasteiger charge is -1.93. The molecule has 0 heterocycles. The van der Waals surface area contributed by atoms with E-state index in [1.807, 2.05) is 18.4 Å². The molecule has 2 nitrogen and oxygen atoms in total. The summed E-state index contributed by atoms with van der Waals surface area (Å²) in [4.78, 5) is 11.1. The van der Waals surface area contributed by atoms with Crippen molar-refractivity contribution in [3.63, 3.8) is 0 Å². The normalized spacial score (nSPS) is 9.30. The van der Waals surface area contributed by atoms with Crippen molar-refractivity contribution in [2.24, 2.45) is 5.18 Å². The van der Waals surface area contributed by atoms with Crippen LogP contribution >= 0.6 is 11.8 Å². The molecule has 52 valence electrons. The number of hydrogen-bond acceptors (Lipinski definition) is 3. The quantitative estimate of drug-likeness (QED) is 0.483. The van der Waals surface area contributed by atoms with Gasteiger partial charge in [-0.15, -0.1) is 16.7 Å². The average Bonchev–Trinajstić information content (AvgIpc) is 2.05. The van der Waals surface area contributed by atoms with E-state index in [0.29, 0.717) is 5.69 Å². The molecule has 0 atom stereocenters. The second kappa shape index (κ2) is 3.37. The van der Waals surface area contributed by atoms with Crippen LogP contribution in [0.15, 0.2) is 34.3 Å². The van der Waals surface area contributed by atoms with E-state index in [2.05, 4.69) is 5.18 Å². The summed E-state index contributed by atoms with van der Waals surface area (Å²) >= 11 is 1.60. The van der Waals surface area contributed by atoms with E-state index in [9.17, 15) is 4.91 Å².